The number of rotatable bonds is 1. The Balaban J connectivity index is 1.80. The predicted octanol–water partition coefficient (Wildman–Crippen LogP) is 3.00. The Morgan fingerprint density at radius 3 is 2.62 bits per heavy atom. The van der Waals surface area contributed by atoms with Crippen LogP contribution in [0.25, 0.3) is 0 Å². The van der Waals surface area contributed by atoms with Gasteiger partial charge in [-0.3, -0.25) is 4.90 Å². The molecule has 1 aromatic carbocycles. The maximum absolute atomic E-state index is 2.62. The highest BCUT2D eigenvalue weighted by Crippen LogP contribution is 2.43. The standard InChI is InChI=1S/C13H18N2S/c1-14-11-7-3-4-8-12(11)16-13(14)15-9-5-2-6-10-15/h3-4,7-8,13H,2,5-6,9-10H2,1H3. The monoisotopic (exact) mass is 234 g/mol. The molecule has 2 aliphatic heterocycles. The van der Waals surface area contributed by atoms with Gasteiger partial charge in [0, 0.05) is 25.0 Å². The number of thioether (sulfide) groups is 1. The van der Waals surface area contributed by atoms with E-state index in [1.165, 1.54) is 42.9 Å². The van der Waals surface area contributed by atoms with Crippen molar-refractivity contribution in [1.82, 2.24) is 4.90 Å². The first-order valence-corrected chi connectivity index (χ1v) is 6.97. The van der Waals surface area contributed by atoms with E-state index in [4.69, 9.17) is 0 Å². The molecule has 0 amide bonds. The van der Waals surface area contributed by atoms with E-state index in [9.17, 15) is 0 Å². The van der Waals surface area contributed by atoms with E-state index in [0.29, 0.717) is 5.50 Å². The van der Waals surface area contributed by atoms with Gasteiger partial charge >= 0.3 is 0 Å². The van der Waals surface area contributed by atoms with Crippen LogP contribution in [0.1, 0.15) is 19.3 Å². The molecule has 0 N–H and O–H groups in total. The summed E-state index contributed by atoms with van der Waals surface area (Å²) in [6.45, 7) is 2.52. The minimum absolute atomic E-state index is 0.526. The van der Waals surface area contributed by atoms with Crippen LogP contribution >= 0.6 is 11.8 Å². The van der Waals surface area contributed by atoms with Crippen LogP contribution in [0.15, 0.2) is 29.2 Å². The topological polar surface area (TPSA) is 6.48 Å². The van der Waals surface area contributed by atoms with Crippen LogP contribution in [-0.2, 0) is 0 Å². The highest BCUT2D eigenvalue weighted by molar-refractivity contribution is 8.00. The zero-order chi connectivity index (χ0) is 11.0. The van der Waals surface area contributed by atoms with Gasteiger partial charge in [-0.15, -0.1) is 0 Å². The van der Waals surface area contributed by atoms with Gasteiger partial charge in [-0.1, -0.05) is 30.3 Å². The minimum Gasteiger partial charge on any atom is -0.349 e. The van der Waals surface area contributed by atoms with E-state index in [1.807, 2.05) is 11.8 Å². The molecular weight excluding hydrogens is 216 g/mol. The summed E-state index contributed by atoms with van der Waals surface area (Å²) in [7, 11) is 2.22. The number of likely N-dealkylation sites (tertiary alicyclic amines) is 1. The van der Waals surface area contributed by atoms with Crippen molar-refractivity contribution >= 4 is 17.4 Å². The molecule has 0 saturated carbocycles. The summed E-state index contributed by atoms with van der Waals surface area (Å²) in [6, 6.07) is 8.74. The average molecular weight is 234 g/mol. The van der Waals surface area contributed by atoms with Gasteiger partial charge in [-0.05, 0) is 25.0 Å². The number of fused-ring (bicyclic) bond motifs is 1. The van der Waals surface area contributed by atoms with Crippen LogP contribution in [0.3, 0.4) is 0 Å². The average Bonchev–Trinajstić information content (AvgIpc) is 2.69. The van der Waals surface area contributed by atoms with Crippen LogP contribution in [0.5, 0.6) is 0 Å². The number of para-hydroxylation sites is 1. The number of anilines is 1. The molecule has 0 radical (unpaired) electrons. The Morgan fingerprint density at radius 1 is 1.12 bits per heavy atom. The Hall–Kier alpha value is -0.670. The molecule has 16 heavy (non-hydrogen) atoms. The molecular formula is C13H18N2S. The van der Waals surface area contributed by atoms with Gasteiger partial charge in [-0.2, -0.15) is 0 Å². The molecule has 3 rings (SSSR count). The second-order valence-electron chi connectivity index (χ2n) is 4.62. The number of benzene rings is 1. The van der Waals surface area contributed by atoms with Crippen molar-refractivity contribution in [2.45, 2.75) is 29.7 Å². The normalized spacial score (nSPS) is 25.8. The second kappa shape index (κ2) is 4.30. The molecule has 2 heterocycles. The van der Waals surface area contributed by atoms with E-state index in [0.717, 1.165) is 0 Å². The summed E-state index contributed by atoms with van der Waals surface area (Å²) in [4.78, 5) is 6.47. The molecule has 1 aromatic rings. The van der Waals surface area contributed by atoms with E-state index >= 15 is 0 Å². The molecule has 0 aromatic heterocycles. The fraction of sp³-hybridized carbons (Fsp3) is 0.538. The number of hydrogen-bond acceptors (Lipinski definition) is 3. The van der Waals surface area contributed by atoms with Gasteiger partial charge in [0.2, 0.25) is 0 Å². The Bertz CT molecular complexity index is 374. The van der Waals surface area contributed by atoms with Crippen molar-refractivity contribution in [3.05, 3.63) is 24.3 Å². The molecule has 1 fully saturated rings. The SMILES string of the molecule is CN1c2ccccc2SC1N1CCCCC1. The molecule has 2 aliphatic rings. The molecule has 3 heteroatoms. The zero-order valence-corrected chi connectivity index (χ0v) is 10.5. The molecule has 1 atom stereocenters. The van der Waals surface area contributed by atoms with Crippen molar-refractivity contribution in [2.24, 2.45) is 0 Å². The van der Waals surface area contributed by atoms with Gasteiger partial charge in [0.1, 0.15) is 5.50 Å². The van der Waals surface area contributed by atoms with Crippen LogP contribution in [0, 0.1) is 0 Å². The lowest BCUT2D eigenvalue weighted by Crippen LogP contribution is -2.44. The lowest BCUT2D eigenvalue weighted by atomic mass is 10.1. The first-order chi connectivity index (χ1) is 7.86. The maximum atomic E-state index is 2.62. The minimum atomic E-state index is 0.526. The molecule has 0 spiro atoms. The third kappa shape index (κ3) is 1.72. The quantitative estimate of drug-likeness (QED) is 0.737. The van der Waals surface area contributed by atoms with E-state index in [1.54, 1.807) is 0 Å². The van der Waals surface area contributed by atoms with Gasteiger partial charge in [0.15, 0.2) is 0 Å². The summed E-state index contributed by atoms with van der Waals surface area (Å²) in [5.41, 5.74) is 1.92. The second-order valence-corrected chi connectivity index (χ2v) is 5.72. The van der Waals surface area contributed by atoms with Crippen LogP contribution in [-0.4, -0.2) is 30.5 Å². The summed E-state index contributed by atoms with van der Waals surface area (Å²) in [6.07, 6.45) is 4.13. The highest BCUT2D eigenvalue weighted by atomic mass is 32.2. The smallest absolute Gasteiger partial charge is 0.135 e. The summed E-state index contributed by atoms with van der Waals surface area (Å²) in [5.74, 6) is 0. The predicted molar refractivity (Wildman–Crippen MR) is 69.9 cm³/mol. The molecule has 0 aliphatic carbocycles. The zero-order valence-electron chi connectivity index (χ0n) is 9.72. The number of piperidine rings is 1. The van der Waals surface area contributed by atoms with Crippen LogP contribution < -0.4 is 4.90 Å². The van der Waals surface area contributed by atoms with E-state index in [-0.39, 0.29) is 0 Å². The number of nitrogens with zero attached hydrogens (tertiary/aromatic N) is 2. The fourth-order valence-electron chi connectivity index (χ4n) is 2.62. The molecule has 1 unspecified atom stereocenters. The lowest BCUT2D eigenvalue weighted by Gasteiger charge is -2.35. The Labute approximate surface area is 102 Å². The van der Waals surface area contributed by atoms with Gasteiger partial charge in [0.05, 0.1) is 5.69 Å². The van der Waals surface area contributed by atoms with Gasteiger partial charge in [0.25, 0.3) is 0 Å². The maximum Gasteiger partial charge on any atom is 0.135 e. The fourth-order valence-corrected chi connectivity index (χ4v) is 3.97. The third-order valence-corrected chi connectivity index (χ3v) is 4.94. The first-order valence-electron chi connectivity index (χ1n) is 6.09. The molecule has 86 valence electrons. The van der Waals surface area contributed by atoms with Crippen molar-refractivity contribution in [3.8, 4) is 0 Å². The van der Waals surface area contributed by atoms with E-state index in [2.05, 4.69) is 41.1 Å². The van der Waals surface area contributed by atoms with Crippen molar-refractivity contribution in [1.29, 1.82) is 0 Å². The van der Waals surface area contributed by atoms with Crippen LogP contribution in [0.4, 0.5) is 5.69 Å². The first kappa shape index (κ1) is 10.5. The van der Waals surface area contributed by atoms with Crippen LogP contribution in [0.2, 0.25) is 0 Å². The Kier molecular flexibility index (Phi) is 2.82. The summed E-state index contributed by atoms with van der Waals surface area (Å²) >= 11 is 2.00. The molecule has 1 saturated heterocycles. The van der Waals surface area contributed by atoms with Crippen molar-refractivity contribution < 1.29 is 0 Å². The lowest BCUT2D eigenvalue weighted by molar-refractivity contribution is 0.214. The van der Waals surface area contributed by atoms with E-state index < -0.39 is 0 Å². The Morgan fingerprint density at radius 2 is 1.88 bits per heavy atom. The molecule has 0 bridgehead atoms. The van der Waals surface area contributed by atoms with Gasteiger partial charge in [-0.25, -0.2) is 0 Å². The summed E-state index contributed by atoms with van der Waals surface area (Å²) in [5, 5.41) is 0. The molecule has 2 nitrogen and oxygen atoms in total. The largest absolute Gasteiger partial charge is 0.349 e. The number of hydrogen-bond donors (Lipinski definition) is 0. The highest BCUT2D eigenvalue weighted by Gasteiger charge is 2.32. The summed E-state index contributed by atoms with van der Waals surface area (Å²) < 4.78 is 0. The van der Waals surface area contributed by atoms with Crippen molar-refractivity contribution in [2.75, 3.05) is 25.0 Å². The van der Waals surface area contributed by atoms with Crippen molar-refractivity contribution in [3.63, 3.8) is 0 Å². The third-order valence-electron chi connectivity index (χ3n) is 3.51. The van der Waals surface area contributed by atoms with Gasteiger partial charge < -0.3 is 4.90 Å².